The second-order valence-electron chi connectivity index (χ2n) is 6.49. The Labute approximate surface area is 168 Å². The normalized spacial score (nSPS) is 11.4. The highest BCUT2D eigenvalue weighted by atomic mass is 35.5. The minimum Gasteiger partial charge on any atom is -0.493 e. The lowest BCUT2D eigenvalue weighted by Crippen LogP contribution is -2.08. The van der Waals surface area contributed by atoms with Crippen molar-refractivity contribution < 1.29 is 14.6 Å². The Morgan fingerprint density at radius 1 is 1.25 bits per heavy atom. The van der Waals surface area contributed by atoms with Crippen molar-refractivity contribution in [2.75, 3.05) is 6.61 Å². The van der Waals surface area contributed by atoms with Crippen LogP contribution in [0.5, 0.6) is 11.6 Å². The zero-order valence-electron chi connectivity index (χ0n) is 15.9. The van der Waals surface area contributed by atoms with Gasteiger partial charge in [0.1, 0.15) is 5.75 Å². The topological polar surface area (TPSA) is 76.2 Å². The molecule has 3 rings (SSSR count). The molecule has 0 spiro atoms. The summed E-state index contributed by atoms with van der Waals surface area (Å²) >= 11 is 5.91. The maximum Gasteiger partial charge on any atom is 0.302 e. The summed E-state index contributed by atoms with van der Waals surface area (Å²) in [6.07, 6.45) is 1.93. The van der Waals surface area contributed by atoms with E-state index in [0.717, 1.165) is 29.3 Å². The molecule has 2 aromatic carbocycles. The van der Waals surface area contributed by atoms with E-state index in [1.807, 2.05) is 31.2 Å². The molecule has 1 N–H and O–H groups in total. The van der Waals surface area contributed by atoms with Crippen molar-refractivity contribution in [3.63, 3.8) is 0 Å². The molecular weight excluding hydrogens is 378 g/mol. The second kappa shape index (κ2) is 8.89. The molecule has 7 heteroatoms. The number of amides is 1. The Bertz CT molecular complexity index is 1030. The Morgan fingerprint density at radius 2 is 2.04 bits per heavy atom. The number of aryl methyl sites for hydroxylation is 2. The molecule has 146 valence electrons. The summed E-state index contributed by atoms with van der Waals surface area (Å²) in [5.74, 6) is 0.0340. The van der Waals surface area contributed by atoms with Gasteiger partial charge in [-0.3, -0.25) is 4.79 Å². The van der Waals surface area contributed by atoms with Crippen LogP contribution in [0.3, 0.4) is 0 Å². The Morgan fingerprint density at radius 3 is 2.79 bits per heavy atom. The molecular formula is C21H22ClN3O3. The van der Waals surface area contributed by atoms with Crippen molar-refractivity contribution in [3.05, 3.63) is 53.1 Å². The van der Waals surface area contributed by atoms with Gasteiger partial charge in [-0.05, 0) is 43.2 Å². The summed E-state index contributed by atoms with van der Waals surface area (Å²) in [5, 5.41) is 19.7. The first-order valence-electron chi connectivity index (χ1n) is 9.15. The largest absolute Gasteiger partial charge is 0.493 e. The smallest absolute Gasteiger partial charge is 0.302 e. The van der Waals surface area contributed by atoms with Crippen LogP contribution in [0.15, 0.2) is 52.7 Å². The van der Waals surface area contributed by atoms with Crippen LogP contribution in [0.25, 0.3) is 10.9 Å². The molecule has 1 heterocycles. The zero-order chi connectivity index (χ0) is 20.1. The molecule has 28 heavy (non-hydrogen) atoms. The summed E-state index contributed by atoms with van der Waals surface area (Å²) in [6.45, 7) is 4.35. The number of aromatic nitrogens is 1. The SMILES string of the molecule is CCCCn1c(O)c(N=NC(=O)COc2ccc(Cl)cc2C)c2ccccc21. The maximum atomic E-state index is 12.1. The number of benzene rings is 2. The third kappa shape index (κ3) is 4.34. The van der Waals surface area contributed by atoms with Gasteiger partial charge in [0.25, 0.3) is 0 Å². The third-order valence-electron chi connectivity index (χ3n) is 4.40. The molecule has 0 aliphatic rings. The number of ether oxygens (including phenoxy) is 1. The van der Waals surface area contributed by atoms with Gasteiger partial charge in [-0.1, -0.05) is 43.1 Å². The molecule has 0 radical (unpaired) electrons. The lowest BCUT2D eigenvalue weighted by atomic mass is 10.2. The average Bonchev–Trinajstić information content (AvgIpc) is 2.95. The van der Waals surface area contributed by atoms with Crippen LogP contribution in [0, 0.1) is 6.92 Å². The molecule has 0 aliphatic heterocycles. The summed E-state index contributed by atoms with van der Waals surface area (Å²) < 4.78 is 7.29. The molecule has 3 aromatic rings. The summed E-state index contributed by atoms with van der Waals surface area (Å²) in [4.78, 5) is 12.1. The minimum absolute atomic E-state index is 0.0145. The second-order valence-corrected chi connectivity index (χ2v) is 6.92. The number of unbranched alkanes of at least 4 members (excludes halogenated alkanes) is 1. The van der Waals surface area contributed by atoms with Gasteiger partial charge < -0.3 is 14.4 Å². The van der Waals surface area contributed by atoms with E-state index in [9.17, 15) is 9.90 Å². The standard InChI is InChI=1S/C21H22ClN3O3/c1-3-4-11-25-17-8-6-5-7-16(17)20(21(25)27)24-23-19(26)13-28-18-10-9-15(22)12-14(18)2/h5-10,12,27H,3-4,11,13H2,1-2H3. The van der Waals surface area contributed by atoms with E-state index in [1.54, 1.807) is 22.8 Å². The predicted molar refractivity (Wildman–Crippen MR) is 110 cm³/mol. The number of carbonyl (C=O) groups excluding carboxylic acids is 1. The number of para-hydroxylation sites is 1. The highest BCUT2D eigenvalue weighted by Crippen LogP contribution is 2.39. The molecule has 6 nitrogen and oxygen atoms in total. The van der Waals surface area contributed by atoms with Crippen molar-refractivity contribution in [2.24, 2.45) is 10.2 Å². The fourth-order valence-corrected chi connectivity index (χ4v) is 3.19. The lowest BCUT2D eigenvalue weighted by Gasteiger charge is -2.06. The van der Waals surface area contributed by atoms with Crippen molar-refractivity contribution in [1.82, 2.24) is 4.57 Å². The molecule has 1 amide bonds. The maximum absolute atomic E-state index is 12.1. The number of aromatic hydroxyl groups is 1. The number of hydrogen-bond acceptors (Lipinski definition) is 4. The number of nitrogens with zero attached hydrogens (tertiary/aromatic N) is 3. The van der Waals surface area contributed by atoms with E-state index in [2.05, 4.69) is 17.2 Å². The number of rotatable bonds is 7. The third-order valence-corrected chi connectivity index (χ3v) is 4.64. The summed E-state index contributed by atoms with van der Waals surface area (Å²) in [5.41, 5.74) is 1.99. The van der Waals surface area contributed by atoms with Crippen LogP contribution in [-0.4, -0.2) is 22.2 Å². The summed E-state index contributed by atoms with van der Waals surface area (Å²) in [7, 11) is 0. The van der Waals surface area contributed by atoms with E-state index in [1.165, 1.54) is 0 Å². The fraction of sp³-hybridized carbons (Fsp3) is 0.286. The zero-order valence-corrected chi connectivity index (χ0v) is 16.6. The Balaban J connectivity index is 1.77. The molecule has 0 bridgehead atoms. The highest BCUT2D eigenvalue weighted by Gasteiger charge is 2.16. The molecule has 0 saturated carbocycles. The first-order valence-corrected chi connectivity index (χ1v) is 9.52. The van der Waals surface area contributed by atoms with Gasteiger partial charge in [0.15, 0.2) is 12.3 Å². The molecule has 0 saturated heterocycles. The van der Waals surface area contributed by atoms with Gasteiger partial charge >= 0.3 is 5.91 Å². The van der Waals surface area contributed by atoms with Crippen LogP contribution >= 0.6 is 11.6 Å². The number of halogens is 1. The van der Waals surface area contributed by atoms with Gasteiger partial charge in [-0.15, -0.1) is 10.2 Å². The first-order chi connectivity index (χ1) is 13.5. The molecule has 1 aromatic heterocycles. The predicted octanol–water partition coefficient (Wildman–Crippen LogP) is 5.80. The van der Waals surface area contributed by atoms with Gasteiger partial charge in [-0.2, -0.15) is 0 Å². The van der Waals surface area contributed by atoms with Gasteiger partial charge in [0.2, 0.25) is 5.88 Å². The Hall–Kier alpha value is -2.86. The number of hydrogen-bond donors (Lipinski definition) is 1. The highest BCUT2D eigenvalue weighted by molar-refractivity contribution is 6.30. The van der Waals surface area contributed by atoms with Crippen molar-refractivity contribution >= 4 is 34.1 Å². The van der Waals surface area contributed by atoms with Gasteiger partial charge in [0.05, 0.1) is 5.52 Å². The molecule has 0 fully saturated rings. The first kappa shape index (κ1) is 19.9. The van der Waals surface area contributed by atoms with Crippen LogP contribution in [0.2, 0.25) is 5.02 Å². The minimum atomic E-state index is -0.542. The van der Waals surface area contributed by atoms with Gasteiger partial charge in [-0.25, -0.2) is 0 Å². The summed E-state index contributed by atoms with van der Waals surface area (Å²) in [6, 6.07) is 12.7. The quantitative estimate of drug-likeness (QED) is 0.510. The van der Waals surface area contributed by atoms with Gasteiger partial charge in [0, 0.05) is 17.0 Å². The van der Waals surface area contributed by atoms with E-state index < -0.39 is 5.91 Å². The van der Waals surface area contributed by atoms with Crippen molar-refractivity contribution in [1.29, 1.82) is 0 Å². The molecule has 0 atom stereocenters. The van der Waals surface area contributed by atoms with E-state index in [-0.39, 0.29) is 12.5 Å². The van der Waals surface area contributed by atoms with Crippen molar-refractivity contribution in [3.8, 4) is 11.6 Å². The van der Waals surface area contributed by atoms with E-state index in [0.29, 0.717) is 23.0 Å². The van der Waals surface area contributed by atoms with Crippen LogP contribution < -0.4 is 4.74 Å². The monoisotopic (exact) mass is 399 g/mol. The van der Waals surface area contributed by atoms with Crippen LogP contribution in [0.1, 0.15) is 25.3 Å². The molecule has 0 unspecified atom stereocenters. The number of carbonyl (C=O) groups is 1. The van der Waals surface area contributed by atoms with Crippen LogP contribution in [-0.2, 0) is 11.3 Å². The lowest BCUT2D eigenvalue weighted by molar-refractivity contribution is -0.120. The molecule has 0 aliphatic carbocycles. The Kier molecular flexibility index (Phi) is 6.31. The van der Waals surface area contributed by atoms with E-state index >= 15 is 0 Å². The fourth-order valence-electron chi connectivity index (χ4n) is 2.96. The van der Waals surface area contributed by atoms with E-state index in [4.69, 9.17) is 16.3 Å². The number of fused-ring (bicyclic) bond motifs is 1. The average molecular weight is 400 g/mol. The van der Waals surface area contributed by atoms with Crippen molar-refractivity contribution in [2.45, 2.75) is 33.2 Å². The number of azo groups is 1. The van der Waals surface area contributed by atoms with Crippen LogP contribution in [0.4, 0.5) is 5.69 Å².